The van der Waals surface area contributed by atoms with Crippen LogP contribution in [0.3, 0.4) is 0 Å². The highest BCUT2D eigenvalue weighted by Crippen LogP contribution is 2.26. The molecule has 2 rings (SSSR count). The number of rotatable bonds is 5. The number of carbonyl (C=O) groups excluding carboxylic acids is 1. The molecular weight excluding hydrogens is 269 g/mol. The fourth-order valence-electron chi connectivity index (χ4n) is 1.67. The molecule has 0 spiro atoms. The van der Waals surface area contributed by atoms with Crippen LogP contribution in [0.4, 0.5) is 4.39 Å². The molecule has 1 amide bonds. The number of nitrogens with one attached hydrogen (secondary N) is 1. The molecule has 1 atom stereocenters. The van der Waals surface area contributed by atoms with E-state index in [1.165, 1.54) is 30.6 Å². The summed E-state index contributed by atoms with van der Waals surface area (Å²) in [7, 11) is 1.48. The van der Waals surface area contributed by atoms with Crippen molar-refractivity contribution in [3.63, 3.8) is 0 Å². The van der Waals surface area contributed by atoms with Crippen LogP contribution in [0.2, 0.25) is 0 Å². The minimum Gasteiger partial charge on any atom is -0.389 e. The molecular formula is C13H14FNO3S. The van der Waals surface area contributed by atoms with Gasteiger partial charge in [0, 0.05) is 18.4 Å². The van der Waals surface area contributed by atoms with E-state index < -0.39 is 6.10 Å². The molecule has 1 aromatic heterocycles. The maximum Gasteiger partial charge on any atom is 0.261 e. The van der Waals surface area contributed by atoms with E-state index >= 15 is 0 Å². The fourth-order valence-corrected chi connectivity index (χ4v) is 2.67. The van der Waals surface area contributed by atoms with Crippen LogP contribution in [0.15, 0.2) is 24.3 Å². The first kappa shape index (κ1) is 13.9. The van der Waals surface area contributed by atoms with Gasteiger partial charge < -0.3 is 15.2 Å². The minimum absolute atomic E-state index is 0.120. The number of hydrogen-bond donors (Lipinski definition) is 2. The highest BCUT2D eigenvalue weighted by atomic mass is 32.1. The molecule has 0 saturated heterocycles. The zero-order valence-electron chi connectivity index (χ0n) is 10.4. The first-order valence-corrected chi connectivity index (χ1v) is 6.56. The van der Waals surface area contributed by atoms with Gasteiger partial charge in [0.25, 0.3) is 5.91 Å². The predicted molar refractivity (Wildman–Crippen MR) is 72.0 cm³/mol. The standard InChI is InChI=1S/C13H14FNO3S/c1-18-7-10(16)6-15-13(17)12-4-8-2-3-9(14)5-11(8)19-12/h2-5,10,16H,6-7H2,1H3,(H,15,17). The van der Waals surface area contributed by atoms with Gasteiger partial charge >= 0.3 is 0 Å². The molecule has 0 fully saturated rings. The van der Waals surface area contributed by atoms with Gasteiger partial charge in [0.05, 0.1) is 17.6 Å². The van der Waals surface area contributed by atoms with Crippen LogP contribution in [-0.2, 0) is 4.74 Å². The summed E-state index contributed by atoms with van der Waals surface area (Å²) in [5.41, 5.74) is 0. The Morgan fingerprint density at radius 1 is 1.53 bits per heavy atom. The summed E-state index contributed by atoms with van der Waals surface area (Å²) >= 11 is 1.22. The maximum absolute atomic E-state index is 13.0. The van der Waals surface area contributed by atoms with Crippen molar-refractivity contribution >= 4 is 27.3 Å². The average molecular weight is 283 g/mol. The number of aliphatic hydroxyl groups excluding tert-OH is 1. The van der Waals surface area contributed by atoms with E-state index in [4.69, 9.17) is 4.74 Å². The summed E-state index contributed by atoms with van der Waals surface area (Å²) in [5.74, 6) is -0.603. The Balaban J connectivity index is 2.05. The molecule has 0 aliphatic carbocycles. The molecule has 0 aliphatic rings. The molecule has 2 aromatic rings. The van der Waals surface area contributed by atoms with Gasteiger partial charge in [0.1, 0.15) is 5.82 Å². The average Bonchev–Trinajstić information content (AvgIpc) is 2.79. The molecule has 1 heterocycles. The third-order valence-electron chi connectivity index (χ3n) is 2.56. The van der Waals surface area contributed by atoms with Crippen molar-refractivity contribution in [1.29, 1.82) is 0 Å². The third kappa shape index (κ3) is 3.50. The number of methoxy groups -OCH3 is 1. The van der Waals surface area contributed by atoms with Crippen molar-refractivity contribution in [2.24, 2.45) is 0 Å². The molecule has 0 radical (unpaired) electrons. The normalized spacial score (nSPS) is 12.6. The van der Waals surface area contributed by atoms with E-state index in [1.54, 1.807) is 12.1 Å². The number of fused-ring (bicyclic) bond motifs is 1. The van der Waals surface area contributed by atoms with Gasteiger partial charge in [-0.15, -0.1) is 11.3 Å². The van der Waals surface area contributed by atoms with Crippen molar-refractivity contribution in [2.75, 3.05) is 20.3 Å². The molecule has 4 nitrogen and oxygen atoms in total. The Kier molecular flexibility index (Phi) is 4.47. The zero-order chi connectivity index (χ0) is 13.8. The van der Waals surface area contributed by atoms with Gasteiger partial charge in [-0.25, -0.2) is 4.39 Å². The lowest BCUT2D eigenvalue weighted by molar-refractivity contribution is 0.0611. The first-order valence-electron chi connectivity index (χ1n) is 5.74. The van der Waals surface area contributed by atoms with Gasteiger partial charge in [0.15, 0.2) is 0 Å². The lowest BCUT2D eigenvalue weighted by Gasteiger charge is -2.09. The Labute approximate surface area is 113 Å². The second-order valence-corrected chi connectivity index (χ2v) is 5.20. The number of aliphatic hydroxyl groups is 1. The van der Waals surface area contributed by atoms with Gasteiger partial charge in [-0.1, -0.05) is 6.07 Å². The Bertz CT molecular complexity index is 584. The van der Waals surface area contributed by atoms with E-state index in [-0.39, 0.29) is 24.9 Å². The monoisotopic (exact) mass is 283 g/mol. The first-order chi connectivity index (χ1) is 9.10. The minimum atomic E-state index is -0.735. The van der Waals surface area contributed by atoms with Gasteiger partial charge in [-0.3, -0.25) is 4.79 Å². The summed E-state index contributed by atoms with van der Waals surface area (Å²) in [6.45, 7) is 0.285. The number of amides is 1. The van der Waals surface area contributed by atoms with Gasteiger partial charge in [-0.05, 0) is 23.6 Å². The Morgan fingerprint density at radius 3 is 3.05 bits per heavy atom. The number of carbonyl (C=O) groups is 1. The summed E-state index contributed by atoms with van der Waals surface area (Å²) in [6.07, 6.45) is -0.735. The topological polar surface area (TPSA) is 58.6 Å². The van der Waals surface area contributed by atoms with Crippen molar-refractivity contribution < 1.29 is 19.0 Å². The predicted octanol–water partition coefficient (Wildman–Crippen LogP) is 1.78. The smallest absolute Gasteiger partial charge is 0.261 e. The summed E-state index contributed by atoms with van der Waals surface area (Å²) in [4.78, 5) is 12.4. The molecule has 1 aromatic carbocycles. The van der Waals surface area contributed by atoms with Crippen LogP contribution in [0.1, 0.15) is 9.67 Å². The SMILES string of the molecule is COCC(O)CNC(=O)c1cc2ccc(F)cc2s1. The molecule has 0 aliphatic heterocycles. The highest BCUT2D eigenvalue weighted by molar-refractivity contribution is 7.20. The lowest BCUT2D eigenvalue weighted by Crippen LogP contribution is -2.33. The lowest BCUT2D eigenvalue weighted by atomic mass is 10.2. The molecule has 1 unspecified atom stereocenters. The Hall–Kier alpha value is -1.50. The van der Waals surface area contributed by atoms with Crippen molar-refractivity contribution in [3.8, 4) is 0 Å². The van der Waals surface area contributed by atoms with E-state index in [0.29, 0.717) is 4.88 Å². The van der Waals surface area contributed by atoms with Crippen molar-refractivity contribution in [1.82, 2.24) is 5.32 Å². The largest absolute Gasteiger partial charge is 0.389 e. The van der Waals surface area contributed by atoms with Crippen molar-refractivity contribution in [2.45, 2.75) is 6.10 Å². The van der Waals surface area contributed by atoms with Crippen LogP contribution in [0.5, 0.6) is 0 Å². The molecule has 0 saturated carbocycles. The molecule has 2 N–H and O–H groups in total. The van der Waals surface area contributed by atoms with Crippen LogP contribution < -0.4 is 5.32 Å². The van der Waals surface area contributed by atoms with E-state index in [1.807, 2.05) is 0 Å². The van der Waals surface area contributed by atoms with Crippen LogP contribution in [-0.4, -0.2) is 37.4 Å². The summed E-state index contributed by atoms with van der Waals surface area (Å²) in [5, 5.41) is 12.9. The molecule has 6 heteroatoms. The summed E-state index contributed by atoms with van der Waals surface area (Å²) in [6, 6.07) is 6.10. The quantitative estimate of drug-likeness (QED) is 0.879. The highest BCUT2D eigenvalue weighted by Gasteiger charge is 2.12. The zero-order valence-corrected chi connectivity index (χ0v) is 11.2. The van der Waals surface area contributed by atoms with E-state index in [9.17, 15) is 14.3 Å². The van der Waals surface area contributed by atoms with Gasteiger partial charge in [0.2, 0.25) is 0 Å². The number of hydrogen-bond acceptors (Lipinski definition) is 4. The number of ether oxygens (including phenoxy) is 1. The fraction of sp³-hybridized carbons (Fsp3) is 0.308. The summed E-state index contributed by atoms with van der Waals surface area (Å²) < 4.78 is 18.5. The van der Waals surface area contributed by atoms with Crippen LogP contribution >= 0.6 is 11.3 Å². The molecule has 102 valence electrons. The van der Waals surface area contributed by atoms with Gasteiger partial charge in [-0.2, -0.15) is 0 Å². The van der Waals surface area contributed by atoms with E-state index in [2.05, 4.69) is 5.32 Å². The van der Waals surface area contributed by atoms with Crippen LogP contribution in [0, 0.1) is 5.82 Å². The Morgan fingerprint density at radius 2 is 2.32 bits per heavy atom. The second-order valence-electron chi connectivity index (χ2n) is 4.11. The van der Waals surface area contributed by atoms with Crippen molar-refractivity contribution in [3.05, 3.63) is 35.0 Å². The maximum atomic E-state index is 13.0. The van der Waals surface area contributed by atoms with Crippen LogP contribution in [0.25, 0.3) is 10.1 Å². The number of benzene rings is 1. The second kappa shape index (κ2) is 6.10. The third-order valence-corrected chi connectivity index (χ3v) is 3.66. The number of thiophene rings is 1. The molecule has 19 heavy (non-hydrogen) atoms. The number of halogens is 1. The molecule has 0 bridgehead atoms. The van der Waals surface area contributed by atoms with E-state index in [0.717, 1.165) is 10.1 Å².